The molecule has 0 unspecified atom stereocenters. The number of benzene rings is 2. The van der Waals surface area contributed by atoms with E-state index in [-0.39, 0.29) is 16.3 Å². The largest absolute Gasteiger partial charge is 0.438 e. The number of ether oxygens (including phenoxy) is 1. The Bertz CT molecular complexity index is 1290. The molecule has 32 heavy (non-hydrogen) atoms. The number of rotatable bonds is 5. The summed E-state index contributed by atoms with van der Waals surface area (Å²) in [7, 11) is -3.61. The van der Waals surface area contributed by atoms with E-state index in [1.807, 2.05) is 0 Å². The van der Waals surface area contributed by atoms with Crippen LogP contribution < -0.4 is 10.1 Å². The first-order valence-corrected chi connectivity index (χ1v) is 10.6. The maximum absolute atomic E-state index is 13.4. The minimum atomic E-state index is -4.83. The number of pyridine rings is 1. The van der Waals surface area contributed by atoms with Gasteiger partial charge in [-0.15, -0.1) is 0 Å². The van der Waals surface area contributed by atoms with E-state index in [0.717, 1.165) is 24.5 Å². The normalized spacial score (nSPS) is 11.8. The quantitative estimate of drug-likeness (QED) is 0.538. The zero-order chi connectivity index (χ0) is 23.7. The molecule has 0 fully saturated rings. The molecule has 0 radical (unpaired) electrons. The number of carbonyl (C=O) groups excluding carboxylic acids is 1. The molecule has 1 N–H and O–H groups in total. The van der Waals surface area contributed by atoms with E-state index in [9.17, 15) is 35.2 Å². The summed E-state index contributed by atoms with van der Waals surface area (Å²) in [6, 6.07) is 7.86. The van der Waals surface area contributed by atoms with Crippen LogP contribution in [0.4, 0.5) is 27.6 Å². The average Bonchev–Trinajstić information content (AvgIpc) is 2.70. The van der Waals surface area contributed by atoms with Crippen LogP contribution in [0.2, 0.25) is 0 Å². The first-order valence-electron chi connectivity index (χ1n) is 8.66. The lowest BCUT2D eigenvalue weighted by Crippen LogP contribution is -2.16. The first-order chi connectivity index (χ1) is 14.8. The third-order valence-corrected chi connectivity index (χ3v) is 5.16. The van der Waals surface area contributed by atoms with Crippen LogP contribution in [0.3, 0.4) is 0 Å². The molecule has 2 aromatic carbocycles. The van der Waals surface area contributed by atoms with Crippen molar-refractivity contribution in [3.05, 3.63) is 77.5 Å². The second-order valence-corrected chi connectivity index (χ2v) is 8.52. The molecule has 0 saturated heterocycles. The van der Waals surface area contributed by atoms with Crippen LogP contribution in [-0.4, -0.2) is 25.6 Å². The van der Waals surface area contributed by atoms with Crippen molar-refractivity contribution in [3.63, 3.8) is 0 Å². The monoisotopic (exact) mass is 472 g/mol. The summed E-state index contributed by atoms with van der Waals surface area (Å²) in [5.41, 5.74) is -1.95. The average molecular weight is 472 g/mol. The molecule has 0 atom stereocenters. The predicted molar refractivity (Wildman–Crippen MR) is 103 cm³/mol. The van der Waals surface area contributed by atoms with Gasteiger partial charge in [-0.25, -0.2) is 22.2 Å². The standard InChI is InChI=1S/C20H13F5N2O4S/c1-32(29,30)14-4-2-3-12(8-14)27-18(28)15-7-11(20(23,24)25)10-26-19(15)31-13-5-6-16(21)17(22)9-13/h2-10H,1H3,(H,27,28). The number of hydrogen-bond donors (Lipinski definition) is 1. The van der Waals surface area contributed by atoms with Gasteiger partial charge >= 0.3 is 6.18 Å². The molecular formula is C20H13F5N2O4S. The maximum Gasteiger partial charge on any atom is 0.417 e. The first kappa shape index (κ1) is 23.1. The molecule has 168 valence electrons. The molecule has 3 rings (SSSR count). The van der Waals surface area contributed by atoms with Crippen LogP contribution in [0.25, 0.3) is 0 Å². The van der Waals surface area contributed by atoms with E-state index in [1.54, 1.807) is 0 Å². The number of alkyl halides is 3. The van der Waals surface area contributed by atoms with Gasteiger partial charge in [0.2, 0.25) is 5.88 Å². The van der Waals surface area contributed by atoms with Crippen molar-refractivity contribution in [3.8, 4) is 11.6 Å². The lowest BCUT2D eigenvalue weighted by Gasteiger charge is -2.14. The van der Waals surface area contributed by atoms with Gasteiger partial charge in [0.05, 0.1) is 10.5 Å². The highest BCUT2D eigenvalue weighted by atomic mass is 32.2. The van der Waals surface area contributed by atoms with Crippen molar-refractivity contribution in [1.82, 2.24) is 4.98 Å². The fourth-order valence-electron chi connectivity index (χ4n) is 2.51. The third-order valence-electron chi connectivity index (χ3n) is 4.05. The Labute approximate surface area is 178 Å². The molecule has 0 saturated carbocycles. The van der Waals surface area contributed by atoms with Gasteiger partial charge in [0.15, 0.2) is 21.5 Å². The SMILES string of the molecule is CS(=O)(=O)c1cccc(NC(=O)c2cc(C(F)(F)F)cnc2Oc2ccc(F)c(F)c2)c1. The van der Waals surface area contributed by atoms with E-state index in [2.05, 4.69) is 10.3 Å². The Kier molecular flexibility index (Phi) is 6.17. The second-order valence-electron chi connectivity index (χ2n) is 6.51. The van der Waals surface area contributed by atoms with E-state index in [4.69, 9.17) is 4.74 Å². The predicted octanol–water partition coefficient (Wildman–Crippen LogP) is 4.83. The highest BCUT2D eigenvalue weighted by Crippen LogP contribution is 2.33. The number of halogens is 5. The molecule has 0 aliphatic rings. The molecular weight excluding hydrogens is 459 g/mol. The summed E-state index contributed by atoms with van der Waals surface area (Å²) in [5, 5.41) is 2.27. The van der Waals surface area contributed by atoms with Crippen molar-refractivity contribution in [2.24, 2.45) is 0 Å². The molecule has 0 bridgehead atoms. The lowest BCUT2D eigenvalue weighted by molar-refractivity contribution is -0.137. The van der Waals surface area contributed by atoms with Crippen LogP contribution in [0.1, 0.15) is 15.9 Å². The van der Waals surface area contributed by atoms with Crippen molar-refractivity contribution >= 4 is 21.4 Å². The van der Waals surface area contributed by atoms with Crippen molar-refractivity contribution in [1.29, 1.82) is 0 Å². The Hall–Kier alpha value is -3.54. The van der Waals surface area contributed by atoms with Crippen molar-refractivity contribution < 1.29 is 39.9 Å². The number of anilines is 1. The van der Waals surface area contributed by atoms with E-state index >= 15 is 0 Å². The molecule has 1 heterocycles. The van der Waals surface area contributed by atoms with Gasteiger partial charge < -0.3 is 10.1 Å². The molecule has 6 nitrogen and oxygen atoms in total. The Balaban J connectivity index is 2.00. The van der Waals surface area contributed by atoms with Gasteiger partial charge in [-0.05, 0) is 36.4 Å². The van der Waals surface area contributed by atoms with Crippen molar-refractivity contribution in [2.75, 3.05) is 11.6 Å². The number of carbonyl (C=O) groups is 1. The highest BCUT2D eigenvalue weighted by molar-refractivity contribution is 7.90. The summed E-state index contributed by atoms with van der Waals surface area (Å²) < 4.78 is 94.5. The fourth-order valence-corrected chi connectivity index (χ4v) is 3.17. The number of nitrogens with one attached hydrogen (secondary N) is 1. The van der Waals surface area contributed by atoms with Crippen LogP contribution in [0, 0.1) is 11.6 Å². The van der Waals surface area contributed by atoms with Gasteiger partial charge in [0.1, 0.15) is 11.3 Å². The molecule has 3 aromatic rings. The Morgan fingerprint density at radius 1 is 1.03 bits per heavy atom. The minimum Gasteiger partial charge on any atom is -0.438 e. The van der Waals surface area contributed by atoms with Crippen LogP contribution in [0.5, 0.6) is 11.6 Å². The highest BCUT2D eigenvalue weighted by Gasteiger charge is 2.33. The smallest absolute Gasteiger partial charge is 0.417 e. The Morgan fingerprint density at radius 2 is 1.75 bits per heavy atom. The molecule has 1 amide bonds. The topological polar surface area (TPSA) is 85.4 Å². The van der Waals surface area contributed by atoms with Crippen LogP contribution in [0.15, 0.2) is 59.6 Å². The number of aromatic nitrogens is 1. The Morgan fingerprint density at radius 3 is 2.38 bits per heavy atom. The zero-order valence-electron chi connectivity index (χ0n) is 16.1. The number of amides is 1. The van der Waals surface area contributed by atoms with Crippen LogP contribution in [-0.2, 0) is 16.0 Å². The molecule has 0 aliphatic heterocycles. The van der Waals surface area contributed by atoms with E-state index in [0.29, 0.717) is 18.3 Å². The zero-order valence-corrected chi connectivity index (χ0v) is 16.9. The van der Waals surface area contributed by atoms with Crippen molar-refractivity contribution in [2.45, 2.75) is 11.1 Å². The number of nitrogens with zero attached hydrogens (tertiary/aromatic N) is 1. The second kappa shape index (κ2) is 8.54. The number of hydrogen-bond acceptors (Lipinski definition) is 5. The summed E-state index contributed by atoms with van der Waals surface area (Å²) >= 11 is 0. The van der Waals surface area contributed by atoms with Gasteiger partial charge in [0.25, 0.3) is 5.91 Å². The number of sulfone groups is 1. The van der Waals surface area contributed by atoms with Gasteiger partial charge in [-0.1, -0.05) is 6.07 Å². The minimum absolute atomic E-state index is 0.0193. The summed E-state index contributed by atoms with van der Waals surface area (Å²) in [6.45, 7) is 0. The molecule has 0 spiro atoms. The lowest BCUT2D eigenvalue weighted by atomic mass is 10.1. The molecule has 12 heteroatoms. The van der Waals surface area contributed by atoms with Gasteiger partial charge in [-0.2, -0.15) is 13.2 Å². The summed E-state index contributed by atoms with van der Waals surface area (Å²) in [5.74, 6) is -4.49. The van der Waals surface area contributed by atoms with E-state index in [1.165, 1.54) is 18.2 Å². The summed E-state index contributed by atoms with van der Waals surface area (Å²) in [6.07, 6.45) is -3.48. The summed E-state index contributed by atoms with van der Waals surface area (Å²) in [4.78, 5) is 16.1. The van der Waals surface area contributed by atoms with E-state index < -0.39 is 50.6 Å². The molecule has 1 aromatic heterocycles. The van der Waals surface area contributed by atoms with Gasteiger partial charge in [0, 0.05) is 24.2 Å². The fraction of sp³-hybridized carbons (Fsp3) is 0.100. The van der Waals surface area contributed by atoms with Gasteiger partial charge in [-0.3, -0.25) is 4.79 Å². The maximum atomic E-state index is 13.4. The van der Waals surface area contributed by atoms with Crippen LogP contribution >= 0.6 is 0 Å². The third kappa shape index (κ3) is 5.38. The molecule has 0 aliphatic carbocycles.